The SMILES string of the molecule is CC(N)CCNC(=O)CN(C)S(=O)(=O)c1ccc(Br)cc1.Cl. The van der Waals surface area contributed by atoms with Crippen LogP contribution < -0.4 is 11.1 Å². The molecule has 9 heteroatoms. The zero-order valence-electron chi connectivity index (χ0n) is 12.5. The highest BCUT2D eigenvalue weighted by molar-refractivity contribution is 9.10. The second-order valence-corrected chi connectivity index (χ2v) is 7.79. The number of amides is 1. The number of nitrogens with one attached hydrogen (secondary N) is 1. The molecule has 0 aliphatic heterocycles. The fourth-order valence-electron chi connectivity index (χ4n) is 1.57. The molecule has 22 heavy (non-hydrogen) atoms. The normalized spacial score (nSPS) is 12.6. The van der Waals surface area contributed by atoms with Gasteiger partial charge in [-0.05, 0) is 37.6 Å². The summed E-state index contributed by atoms with van der Waals surface area (Å²) in [4.78, 5) is 11.9. The average Bonchev–Trinajstić information content (AvgIpc) is 2.38. The predicted molar refractivity (Wildman–Crippen MR) is 92.5 cm³/mol. The summed E-state index contributed by atoms with van der Waals surface area (Å²) in [6.45, 7) is 2.05. The molecule has 0 heterocycles. The molecule has 0 saturated heterocycles. The van der Waals surface area contributed by atoms with Gasteiger partial charge in [-0.15, -0.1) is 12.4 Å². The first-order chi connectivity index (χ1) is 9.73. The fraction of sp³-hybridized carbons (Fsp3) is 0.462. The molecule has 1 amide bonds. The molecule has 0 saturated carbocycles. The van der Waals surface area contributed by atoms with Crippen molar-refractivity contribution in [3.8, 4) is 0 Å². The van der Waals surface area contributed by atoms with Crippen LogP contribution in [0.1, 0.15) is 13.3 Å². The molecule has 0 aliphatic carbocycles. The minimum absolute atomic E-state index is 0. The Labute approximate surface area is 146 Å². The third-order valence-corrected chi connectivity index (χ3v) is 5.16. The van der Waals surface area contributed by atoms with Crippen molar-refractivity contribution in [1.82, 2.24) is 9.62 Å². The van der Waals surface area contributed by atoms with Crippen molar-refractivity contribution in [2.75, 3.05) is 20.1 Å². The van der Waals surface area contributed by atoms with Gasteiger partial charge >= 0.3 is 0 Å². The molecule has 1 unspecified atom stereocenters. The number of benzene rings is 1. The molecule has 0 spiro atoms. The van der Waals surface area contributed by atoms with Crippen molar-refractivity contribution in [2.24, 2.45) is 5.73 Å². The van der Waals surface area contributed by atoms with Crippen molar-refractivity contribution in [3.63, 3.8) is 0 Å². The van der Waals surface area contributed by atoms with E-state index in [9.17, 15) is 13.2 Å². The topological polar surface area (TPSA) is 92.5 Å². The monoisotopic (exact) mass is 413 g/mol. The first-order valence-electron chi connectivity index (χ1n) is 6.47. The molecule has 0 bridgehead atoms. The van der Waals surface area contributed by atoms with E-state index in [0.717, 1.165) is 8.78 Å². The van der Waals surface area contributed by atoms with Crippen LogP contribution in [-0.2, 0) is 14.8 Å². The Kier molecular flexibility index (Phi) is 9.18. The highest BCUT2D eigenvalue weighted by Crippen LogP contribution is 2.17. The molecule has 126 valence electrons. The molecule has 6 nitrogen and oxygen atoms in total. The van der Waals surface area contributed by atoms with Crippen molar-refractivity contribution in [3.05, 3.63) is 28.7 Å². The van der Waals surface area contributed by atoms with Gasteiger partial charge in [0.05, 0.1) is 11.4 Å². The first kappa shape index (κ1) is 21.3. The summed E-state index contributed by atoms with van der Waals surface area (Å²) >= 11 is 3.25. The number of rotatable bonds is 7. The number of hydrogen-bond donors (Lipinski definition) is 2. The molecular formula is C13H21BrClN3O3S. The third kappa shape index (κ3) is 6.62. The molecule has 0 fully saturated rings. The van der Waals surface area contributed by atoms with E-state index in [0.29, 0.717) is 13.0 Å². The molecule has 1 rings (SSSR count). The molecule has 0 aliphatic rings. The van der Waals surface area contributed by atoms with E-state index in [2.05, 4.69) is 21.2 Å². The Balaban J connectivity index is 0.00000441. The van der Waals surface area contributed by atoms with Crippen LogP contribution in [0.2, 0.25) is 0 Å². The maximum atomic E-state index is 12.3. The lowest BCUT2D eigenvalue weighted by Gasteiger charge is -2.17. The van der Waals surface area contributed by atoms with E-state index in [1.54, 1.807) is 12.1 Å². The number of nitrogens with zero attached hydrogens (tertiary/aromatic N) is 1. The number of halogens is 2. The van der Waals surface area contributed by atoms with Crippen molar-refractivity contribution < 1.29 is 13.2 Å². The van der Waals surface area contributed by atoms with Crippen LogP contribution in [-0.4, -0.2) is 44.8 Å². The Morgan fingerprint density at radius 1 is 1.36 bits per heavy atom. The molecule has 0 aromatic heterocycles. The summed E-state index contributed by atoms with van der Waals surface area (Å²) in [6.07, 6.45) is 0.648. The Bertz CT molecular complexity index is 579. The van der Waals surface area contributed by atoms with Crippen LogP contribution in [0.3, 0.4) is 0 Å². The van der Waals surface area contributed by atoms with Gasteiger partial charge in [0.25, 0.3) is 0 Å². The highest BCUT2D eigenvalue weighted by atomic mass is 79.9. The summed E-state index contributed by atoms with van der Waals surface area (Å²) in [6, 6.07) is 6.26. The standard InChI is InChI=1S/C13H20BrN3O3S.ClH/c1-10(15)7-8-16-13(18)9-17(2)21(19,20)12-5-3-11(14)4-6-12;/h3-6,10H,7-9,15H2,1-2H3,(H,16,18);1H. The maximum Gasteiger partial charge on any atom is 0.243 e. The van der Waals surface area contributed by atoms with E-state index < -0.39 is 10.0 Å². The Hall–Kier alpha value is -0.670. The van der Waals surface area contributed by atoms with Gasteiger partial charge in [0.2, 0.25) is 15.9 Å². The van der Waals surface area contributed by atoms with Crippen LogP contribution >= 0.6 is 28.3 Å². The lowest BCUT2D eigenvalue weighted by molar-refractivity contribution is -0.121. The van der Waals surface area contributed by atoms with E-state index >= 15 is 0 Å². The number of sulfonamides is 1. The van der Waals surface area contributed by atoms with Gasteiger partial charge in [0.1, 0.15) is 0 Å². The van der Waals surface area contributed by atoms with Gasteiger partial charge in [-0.25, -0.2) is 8.42 Å². The van der Waals surface area contributed by atoms with Crippen LogP contribution in [0.4, 0.5) is 0 Å². The Morgan fingerprint density at radius 3 is 2.41 bits per heavy atom. The summed E-state index contributed by atoms with van der Waals surface area (Å²) in [5.41, 5.74) is 5.58. The second kappa shape index (κ2) is 9.46. The van der Waals surface area contributed by atoms with Gasteiger partial charge in [-0.2, -0.15) is 4.31 Å². The number of hydrogen-bond acceptors (Lipinski definition) is 4. The molecule has 3 N–H and O–H groups in total. The zero-order valence-corrected chi connectivity index (χ0v) is 15.7. The minimum atomic E-state index is -3.67. The quantitative estimate of drug-likeness (QED) is 0.704. The van der Waals surface area contributed by atoms with Crippen LogP contribution in [0, 0.1) is 0 Å². The van der Waals surface area contributed by atoms with Crippen LogP contribution in [0.5, 0.6) is 0 Å². The number of carbonyl (C=O) groups excluding carboxylic acids is 1. The van der Waals surface area contributed by atoms with Crippen LogP contribution in [0.15, 0.2) is 33.6 Å². The fourth-order valence-corrected chi connectivity index (χ4v) is 2.96. The largest absolute Gasteiger partial charge is 0.355 e. The number of nitrogens with two attached hydrogens (primary N) is 1. The van der Waals surface area contributed by atoms with Gasteiger partial charge in [0.15, 0.2) is 0 Å². The van der Waals surface area contributed by atoms with E-state index in [-0.39, 0.29) is 35.8 Å². The predicted octanol–water partition coefficient (Wildman–Crippen LogP) is 1.34. The first-order valence-corrected chi connectivity index (χ1v) is 8.71. The number of likely N-dealkylation sites (N-methyl/N-ethyl adjacent to an activating group) is 1. The smallest absolute Gasteiger partial charge is 0.243 e. The van der Waals surface area contributed by atoms with Crippen molar-refractivity contribution in [2.45, 2.75) is 24.3 Å². The zero-order chi connectivity index (χ0) is 16.0. The molecule has 1 aromatic rings. The average molecular weight is 415 g/mol. The van der Waals surface area contributed by atoms with Gasteiger partial charge in [-0.1, -0.05) is 15.9 Å². The molecule has 1 aromatic carbocycles. The highest BCUT2D eigenvalue weighted by Gasteiger charge is 2.22. The van der Waals surface area contributed by atoms with Gasteiger partial charge < -0.3 is 11.1 Å². The van der Waals surface area contributed by atoms with E-state index in [4.69, 9.17) is 5.73 Å². The summed E-state index contributed by atoms with van der Waals surface area (Å²) in [5.74, 6) is -0.348. The van der Waals surface area contributed by atoms with Crippen molar-refractivity contribution in [1.29, 1.82) is 0 Å². The Morgan fingerprint density at radius 2 is 1.91 bits per heavy atom. The minimum Gasteiger partial charge on any atom is -0.355 e. The summed E-state index contributed by atoms with van der Waals surface area (Å²) < 4.78 is 26.4. The number of carbonyl (C=O) groups is 1. The molecule has 1 atom stereocenters. The van der Waals surface area contributed by atoms with Crippen LogP contribution in [0.25, 0.3) is 0 Å². The van der Waals surface area contributed by atoms with E-state index in [1.807, 2.05) is 6.92 Å². The van der Waals surface area contributed by atoms with E-state index in [1.165, 1.54) is 19.2 Å². The van der Waals surface area contributed by atoms with Gasteiger partial charge in [0, 0.05) is 24.1 Å². The summed E-state index contributed by atoms with van der Waals surface area (Å²) in [7, 11) is -2.29. The van der Waals surface area contributed by atoms with Gasteiger partial charge in [-0.3, -0.25) is 4.79 Å². The second-order valence-electron chi connectivity index (χ2n) is 4.83. The maximum absolute atomic E-state index is 12.3. The molecule has 0 radical (unpaired) electrons. The third-order valence-electron chi connectivity index (χ3n) is 2.81. The lowest BCUT2D eigenvalue weighted by atomic mass is 10.2. The summed E-state index contributed by atoms with van der Waals surface area (Å²) in [5, 5.41) is 2.65. The molecular weight excluding hydrogens is 394 g/mol. The van der Waals surface area contributed by atoms with Crippen molar-refractivity contribution >= 4 is 44.3 Å². The lowest BCUT2D eigenvalue weighted by Crippen LogP contribution is -2.39.